The van der Waals surface area contributed by atoms with Crippen molar-refractivity contribution in [2.24, 2.45) is 4.99 Å². The summed E-state index contributed by atoms with van der Waals surface area (Å²) < 4.78 is 1.90. The molecule has 0 aliphatic carbocycles. The summed E-state index contributed by atoms with van der Waals surface area (Å²) in [7, 11) is 0. The van der Waals surface area contributed by atoms with E-state index in [1.54, 1.807) is 0 Å². The fourth-order valence-electron chi connectivity index (χ4n) is 4.25. The third-order valence-electron chi connectivity index (χ3n) is 6.00. The molecule has 33 heavy (non-hydrogen) atoms. The van der Waals surface area contributed by atoms with Crippen LogP contribution in [0.2, 0.25) is 0 Å². The Morgan fingerprint density at radius 1 is 1.06 bits per heavy atom. The molecule has 2 N–H and O–H groups in total. The molecule has 1 saturated heterocycles. The van der Waals surface area contributed by atoms with Crippen molar-refractivity contribution >= 4 is 29.9 Å². The van der Waals surface area contributed by atoms with E-state index in [9.17, 15) is 0 Å². The highest BCUT2D eigenvalue weighted by atomic mass is 127. The summed E-state index contributed by atoms with van der Waals surface area (Å²) in [6, 6.07) is 21.9. The van der Waals surface area contributed by atoms with Gasteiger partial charge in [0.15, 0.2) is 5.96 Å². The van der Waals surface area contributed by atoms with Crippen LogP contribution in [0.15, 0.2) is 78.0 Å². The molecule has 0 radical (unpaired) electrons. The number of rotatable bonds is 7. The van der Waals surface area contributed by atoms with E-state index in [0.717, 1.165) is 49.7 Å². The van der Waals surface area contributed by atoms with Crippen LogP contribution < -0.4 is 10.6 Å². The molecule has 7 heteroatoms. The third-order valence-corrected chi connectivity index (χ3v) is 6.00. The molecule has 6 nitrogen and oxygen atoms in total. The number of aliphatic imine (C=N–C) groups is 1. The first-order chi connectivity index (χ1) is 15.7. The Morgan fingerprint density at radius 3 is 2.48 bits per heavy atom. The van der Waals surface area contributed by atoms with Crippen LogP contribution in [-0.4, -0.2) is 45.8 Å². The van der Waals surface area contributed by atoms with Crippen LogP contribution in [0.3, 0.4) is 0 Å². The highest BCUT2D eigenvalue weighted by Crippen LogP contribution is 2.20. The quantitative estimate of drug-likeness (QED) is 0.253. The zero-order valence-electron chi connectivity index (χ0n) is 19.5. The van der Waals surface area contributed by atoms with Gasteiger partial charge in [-0.3, -0.25) is 4.90 Å². The van der Waals surface area contributed by atoms with Crippen LogP contribution in [0.4, 0.5) is 0 Å². The predicted octanol–water partition coefficient (Wildman–Crippen LogP) is 4.60. The van der Waals surface area contributed by atoms with Gasteiger partial charge in [-0.1, -0.05) is 48.5 Å². The first-order valence-electron chi connectivity index (χ1n) is 11.6. The lowest BCUT2D eigenvalue weighted by molar-refractivity contribution is 0.134. The van der Waals surface area contributed by atoms with Crippen molar-refractivity contribution in [3.63, 3.8) is 0 Å². The minimum atomic E-state index is 0. The standard InChI is InChI=1S/C26H34N6.HI/c1-3-27-26(28-17-23-18-29-32(20-23)25-12-8-5-9-13-25)30-24-14-15-31(21(2)16-24)19-22-10-6-4-7-11-22;/h4-13,18,20-21,24H,3,14-17,19H2,1-2H3,(H2,27,28,30);1H. The Balaban J connectivity index is 0.00000306. The molecule has 176 valence electrons. The lowest BCUT2D eigenvalue weighted by atomic mass is 9.97. The van der Waals surface area contributed by atoms with Gasteiger partial charge in [0.25, 0.3) is 0 Å². The summed E-state index contributed by atoms with van der Waals surface area (Å²) in [5.41, 5.74) is 3.54. The van der Waals surface area contributed by atoms with Gasteiger partial charge in [0.05, 0.1) is 18.4 Å². The number of benzene rings is 2. The van der Waals surface area contributed by atoms with E-state index in [2.05, 4.69) is 76.9 Å². The van der Waals surface area contributed by atoms with Gasteiger partial charge in [-0.05, 0) is 44.4 Å². The van der Waals surface area contributed by atoms with Crippen molar-refractivity contribution < 1.29 is 0 Å². The Hall–Kier alpha value is -2.39. The summed E-state index contributed by atoms with van der Waals surface area (Å²) in [4.78, 5) is 7.40. The van der Waals surface area contributed by atoms with Crippen LogP contribution in [0.1, 0.15) is 37.8 Å². The van der Waals surface area contributed by atoms with Gasteiger partial charge in [0, 0.05) is 43.5 Å². The van der Waals surface area contributed by atoms with Crippen molar-refractivity contribution in [2.45, 2.75) is 51.9 Å². The Bertz CT molecular complexity index is 988. The highest BCUT2D eigenvalue weighted by molar-refractivity contribution is 14.0. The molecule has 1 aromatic heterocycles. The third kappa shape index (κ3) is 7.30. The molecule has 2 aromatic carbocycles. The second-order valence-electron chi connectivity index (χ2n) is 8.49. The molecule has 2 atom stereocenters. The lowest BCUT2D eigenvalue weighted by Crippen LogP contribution is -2.51. The van der Waals surface area contributed by atoms with Gasteiger partial charge in [-0.25, -0.2) is 9.67 Å². The second-order valence-corrected chi connectivity index (χ2v) is 8.49. The second kappa shape index (κ2) is 12.7. The average Bonchev–Trinajstić information content (AvgIpc) is 3.30. The normalized spacial score (nSPS) is 19.0. The van der Waals surface area contributed by atoms with E-state index < -0.39 is 0 Å². The number of hydrogen-bond donors (Lipinski definition) is 2. The number of guanidine groups is 1. The van der Waals surface area contributed by atoms with E-state index in [-0.39, 0.29) is 24.0 Å². The minimum absolute atomic E-state index is 0. The van der Waals surface area contributed by atoms with Crippen molar-refractivity contribution in [1.29, 1.82) is 0 Å². The zero-order valence-corrected chi connectivity index (χ0v) is 21.9. The van der Waals surface area contributed by atoms with Crippen molar-refractivity contribution in [3.05, 3.63) is 84.2 Å². The smallest absolute Gasteiger partial charge is 0.191 e. The first kappa shape index (κ1) is 25.2. The molecule has 3 aromatic rings. The molecule has 4 rings (SSSR count). The molecule has 1 fully saturated rings. The molecule has 0 bridgehead atoms. The number of piperidine rings is 1. The van der Waals surface area contributed by atoms with E-state index in [4.69, 9.17) is 4.99 Å². The number of nitrogens with one attached hydrogen (secondary N) is 2. The van der Waals surface area contributed by atoms with Crippen LogP contribution in [0.5, 0.6) is 0 Å². The van der Waals surface area contributed by atoms with Gasteiger partial charge in [-0.2, -0.15) is 5.10 Å². The van der Waals surface area contributed by atoms with Gasteiger partial charge >= 0.3 is 0 Å². The van der Waals surface area contributed by atoms with Crippen molar-refractivity contribution in [2.75, 3.05) is 13.1 Å². The number of aromatic nitrogens is 2. The maximum Gasteiger partial charge on any atom is 0.191 e. The zero-order chi connectivity index (χ0) is 22.2. The van der Waals surface area contributed by atoms with Crippen LogP contribution in [-0.2, 0) is 13.1 Å². The molecule has 2 unspecified atom stereocenters. The molecule has 1 aliphatic heterocycles. The lowest BCUT2D eigenvalue weighted by Gasteiger charge is -2.38. The summed E-state index contributed by atoms with van der Waals surface area (Å²) in [6.07, 6.45) is 6.17. The predicted molar refractivity (Wildman–Crippen MR) is 146 cm³/mol. The Labute approximate surface area is 214 Å². The first-order valence-corrected chi connectivity index (χ1v) is 11.6. The number of nitrogens with zero attached hydrogens (tertiary/aromatic N) is 4. The van der Waals surface area contributed by atoms with Gasteiger partial charge in [0.1, 0.15) is 0 Å². The summed E-state index contributed by atoms with van der Waals surface area (Å²) >= 11 is 0. The Morgan fingerprint density at radius 2 is 1.79 bits per heavy atom. The van der Waals surface area contributed by atoms with Crippen LogP contribution in [0, 0.1) is 0 Å². The molecule has 0 saturated carbocycles. The Kier molecular flexibility index (Phi) is 9.75. The molecule has 1 aliphatic rings. The largest absolute Gasteiger partial charge is 0.357 e. The number of hydrogen-bond acceptors (Lipinski definition) is 3. The topological polar surface area (TPSA) is 57.5 Å². The summed E-state index contributed by atoms with van der Waals surface area (Å²) in [5, 5.41) is 11.5. The monoisotopic (exact) mass is 558 g/mol. The van der Waals surface area contributed by atoms with Crippen LogP contribution >= 0.6 is 24.0 Å². The van der Waals surface area contributed by atoms with E-state index in [0.29, 0.717) is 18.6 Å². The highest BCUT2D eigenvalue weighted by Gasteiger charge is 2.26. The maximum absolute atomic E-state index is 4.82. The minimum Gasteiger partial charge on any atom is -0.357 e. The van der Waals surface area contributed by atoms with E-state index in [1.807, 2.05) is 35.3 Å². The molecule has 2 heterocycles. The maximum atomic E-state index is 4.82. The molecule has 0 spiro atoms. The molecule has 0 amide bonds. The van der Waals surface area contributed by atoms with Crippen LogP contribution in [0.25, 0.3) is 5.69 Å². The van der Waals surface area contributed by atoms with Crippen molar-refractivity contribution in [3.8, 4) is 5.69 Å². The average molecular weight is 559 g/mol. The fraction of sp³-hybridized carbons (Fsp3) is 0.385. The number of para-hydroxylation sites is 1. The number of likely N-dealkylation sites (tertiary alicyclic amines) is 1. The van der Waals surface area contributed by atoms with Gasteiger partial charge in [0.2, 0.25) is 0 Å². The van der Waals surface area contributed by atoms with Gasteiger partial charge < -0.3 is 10.6 Å². The molecular weight excluding hydrogens is 523 g/mol. The fourth-order valence-corrected chi connectivity index (χ4v) is 4.25. The number of halogens is 1. The summed E-state index contributed by atoms with van der Waals surface area (Å²) in [6.45, 7) is 8.00. The summed E-state index contributed by atoms with van der Waals surface area (Å²) in [5.74, 6) is 0.883. The van der Waals surface area contributed by atoms with Crippen molar-refractivity contribution in [1.82, 2.24) is 25.3 Å². The van der Waals surface area contributed by atoms with E-state index in [1.165, 1.54) is 5.56 Å². The van der Waals surface area contributed by atoms with Gasteiger partial charge in [-0.15, -0.1) is 24.0 Å². The SMILES string of the molecule is CCNC(=NCc1cnn(-c2ccccc2)c1)NC1CCN(Cc2ccccc2)C(C)C1.I. The van der Waals surface area contributed by atoms with E-state index >= 15 is 0 Å². The molecular formula is C26H35IN6.